The van der Waals surface area contributed by atoms with Crippen LogP contribution in [0.2, 0.25) is 0 Å². The number of rotatable bonds is 1. The topological polar surface area (TPSA) is 21.6 Å². The van der Waals surface area contributed by atoms with E-state index in [1.54, 1.807) is 0 Å². The van der Waals surface area contributed by atoms with E-state index in [1.165, 1.54) is 0 Å². The van der Waals surface area contributed by atoms with Gasteiger partial charge in [-0.3, -0.25) is 0 Å². The number of halogens is 4. The molecular weight excluding hydrogens is 226 g/mol. The van der Waals surface area contributed by atoms with Crippen LogP contribution < -0.4 is 0 Å². The smallest absolute Gasteiger partial charge is 0.416 e. The van der Waals surface area contributed by atoms with Crippen molar-refractivity contribution in [2.75, 3.05) is 13.2 Å². The van der Waals surface area contributed by atoms with E-state index in [1.807, 2.05) is 0 Å². The highest BCUT2D eigenvalue weighted by Gasteiger charge is 2.32. The van der Waals surface area contributed by atoms with Gasteiger partial charge in [0, 0.05) is 5.56 Å². The van der Waals surface area contributed by atoms with Gasteiger partial charge in [-0.1, -0.05) is 0 Å². The maximum Gasteiger partial charge on any atom is 0.416 e. The lowest BCUT2D eigenvalue weighted by Crippen LogP contribution is -2.09. The van der Waals surface area contributed by atoms with Crippen LogP contribution in [0.5, 0.6) is 0 Å². The molecular formula is C10H7F4NO. The first-order valence-corrected chi connectivity index (χ1v) is 4.52. The fraction of sp³-hybridized carbons (Fsp3) is 0.300. The first-order valence-electron chi connectivity index (χ1n) is 4.52. The molecule has 0 unspecified atom stereocenters. The van der Waals surface area contributed by atoms with Gasteiger partial charge in [-0.05, 0) is 18.2 Å². The van der Waals surface area contributed by atoms with Crippen molar-refractivity contribution in [3.05, 3.63) is 35.1 Å². The first kappa shape index (κ1) is 10.9. The van der Waals surface area contributed by atoms with Crippen molar-refractivity contribution in [3.63, 3.8) is 0 Å². The van der Waals surface area contributed by atoms with Gasteiger partial charge in [-0.15, -0.1) is 0 Å². The molecule has 1 heterocycles. The monoisotopic (exact) mass is 233 g/mol. The molecule has 2 nitrogen and oxygen atoms in total. The minimum absolute atomic E-state index is 0.0184. The molecule has 2 rings (SSSR count). The molecule has 1 aliphatic heterocycles. The van der Waals surface area contributed by atoms with E-state index < -0.39 is 17.6 Å². The Morgan fingerprint density at radius 2 is 1.94 bits per heavy atom. The lowest BCUT2D eigenvalue weighted by molar-refractivity contribution is -0.137. The Hall–Kier alpha value is -1.59. The molecule has 1 aromatic rings. The van der Waals surface area contributed by atoms with Crippen molar-refractivity contribution < 1.29 is 22.3 Å². The predicted octanol–water partition coefficient (Wildman–Crippen LogP) is 2.62. The number of alkyl halides is 3. The highest BCUT2D eigenvalue weighted by Crippen LogP contribution is 2.30. The summed E-state index contributed by atoms with van der Waals surface area (Å²) >= 11 is 0. The highest BCUT2D eigenvalue weighted by atomic mass is 19.4. The van der Waals surface area contributed by atoms with E-state index in [0.717, 1.165) is 12.1 Å². The minimum Gasteiger partial charge on any atom is -0.476 e. The number of aliphatic imine (C=N–C) groups is 1. The number of nitrogens with zero attached hydrogens (tertiary/aromatic N) is 1. The highest BCUT2D eigenvalue weighted by molar-refractivity contribution is 5.95. The van der Waals surface area contributed by atoms with Crippen LogP contribution in [0.15, 0.2) is 23.2 Å². The van der Waals surface area contributed by atoms with Crippen molar-refractivity contribution in [3.8, 4) is 0 Å². The van der Waals surface area contributed by atoms with Gasteiger partial charge in [0.05, 0.1) is 12.1 Å². The molecule has 0 saturated carbocycles. The SMILES string of the molecule is Fc1cc(C2=NCCO2)cc(C(F)(F)F)c1. The summed E-state index contributed by atoms with van der Waals surface area (Å²) in [6, 6.07) is 2.24. The fourth-order valence-electron chi connectivity index (χ4n) is 1.39. The van der Waals surface area contributed by atoms with Crippen LogP contribution in [0.1, 0.15) is 11.1 Å². The van der Waals surface area contributed by atoms with Gasteiger partial charge in [-0.25, -0.2) is 9.38 Å². The number of benzene rings is 1. The van der Waals surface area contributed by atoms with Gasteiger partial charge >= 0.3 is 6.18 Å². The fourth-order valence-corrected chi connectivity index (χ4v) is 1.39. The Bertz CT molecular complexity index is 439. The van der Waals surface area contributed by atoms with E-state index in [-0.39, 0.29) is 11.5 Å². The summed E-state index contributed by atoms with van der Waals surface area (Å²) in [6.07, 6.45) is -4.57. The molecule has 0 bridgehead atoms. The second-order valence-electron chi connectivity index (χ2n) is 3.26. The molecule has 1 aliphatic rings. The molecule has 0 aromatic heterocycles. The second-order valence-corrected chi connectivity index (χ2v) is 3.26. The molecule has 0 N–H and O–H groups in total. The zero-order chi connectivity index (χ0) is 11.8. The molecule has 0 amide bonds. The Labute approximate surface area is 88.6 Å². The molecule has 0 radical (unpaired) electrons. The molecule has 6 heteroatoms. The van der Waals surface area contributed by atoms with Crippen LogP contribution >= 0.6 is 0 Å². The van der Waals surface area contributed by atoms with Gasteiger partial charge in [0.1, 0.15) is 12.4 Å². The molecule has 0 aliphatic carbocycles. The Balaban J connectivity index is 2.44. The largest absolute Gasteiger partial charge is 0.476 e. The summed E-state index contributed by atoms with van der Waals surface area (Å²) in [7, 11) is 0. The van der Waals surface area contributed by atoms with E-state index >= 15 is 0 Å². The zero-order valence-electron chi connectivity index (χ0n) is 8.01. The molecule has 0 fully saturated rings. The van der Waals surface area contributed by atoms with Crippen LogP contribution in [0.25, 0.3) is 0 Å². The second kappa shape index (κ2) is 3.77. The Morgan fingerprint density at radius 1 is 1.19 bits per heavy atom. The standard InChI is InChI=1S/C10H7F4NO/c11-8-4-6(9-15-1-2-16-9)3-7(5-8)10(12,13)14/h3-5H,1-2H2. The molecule has 1 aromatic carbocycles. The molecule has 0 spiro atoms. The maximum atomic E-state index is 13.0. The molecule has 86 valence electrons. The summed E-state index contributed by atoms with van der Waals surface area (Å²) in [5, 5.41) is 0. The lowest BCUT2D eigenvalue weighted by Gasteiger charge is -2.09. The normalized spacial score (nSPS) is 15.9. The third kappa shape index (κ3) is 2.15. The van der Waals surface area contributed by atoms with Crippen LogP contribution in [0.4, 0.5) is 17.6 Å². The van der Waals surface area contributed by atoms with E-state index in [2.05, 4.69) is 4.99 Å². The minimum atomic E-state index is -4.57. The zero-order valence-corrected chi connectivity index (χ0v) is 8.01. The average Bonchev–Trinajstić information content (AvgIpc) is 2.68. The summed E-state index contributed by atoms with van der Waals surface area (Å²) in [4.78, 5) is 3.83. The average molecular weight is 233 g/mol. The van der Waals surface area contributed by atoms with Crippen LogP contribution in [0, 0.1) is 5.82 Å². The summed E-state index contributed by atoms with van der Waals surface area (Å²) in [5.74, 6) is -0.895. The third-order valence-corrected chi connectivity index (χ3v) is 2.06. The van der Waals surface area contributed by atoms with Crippen LogP contribution in [-0.2, 0) is 10.9 Å². The van der Waals surface area contributed by atoms with Crippen LogP contribution in [0.3, 0.4) is 0 Å². The van der Waals surface area contributed by atoms with Crippen molar-refractivity contribution in [2.24, 2.45) is 4.99 Å². The molecule has 0 saturated heterocycles. The quantitative estimate of drug-likeness (QED) is 0.683. The van der Waals surface area contributed by atoms with Crippen LogP contribution in [-0.4, -0.2) is 19.0 Å². The van der Waals surface area contributed by atoms with Gasteiger partial charge in [0.15, 0.2) is 0 Å². The van der Waals surface area contributed by atoms with E-state index in [4.69, 9.17) is 4.74 Å². The van der Waals surface area contributed by atoms with Crippen molar-refractivity contribution >= 4 is 5.90 Å². The number of hydrogen-bond acceptors (Lipinski definition) is 2. The van der Waals surface area contributed by atoms with E-state index in [0.29, 0.717) is 19.2 Å². The van der Waals surface area contributed by atoms with Crippen molar-refractivity contribution in [1.82, 2.24) is 0 Å². The van der Waals surface area contributed by atoms with Gasteiger partial charge in [-0.2, -0.15) is 13.2 Å². The number of ether oxygens (including phenoxy) is 1. The first-order chi connectivity index (χ1) is 7.47. The Morgan fingerprint density at radius 3 is 2.50 bits per heavy atom. The van der Waals surface area contributed by atoms with Crippen molar-refractivity contribution in [1.29, 1.82) is 0 Å². The van der Waals surface area contributed by atoms with E-state index in [9.17, 15) is 17.6 Å². The van der Waals surface area contributed by atoms with Gasteiger partial charge in [0.2, 0.25) is 5.90 Å². The van der Waals surface area contributed by atoms with Gasteiger partial charge < -0.3 is 4.74 Å². The van der Waals surface area contributed by atoms with Gasteiger partial charge in [0.25, 0.3) is 0 Å². The third-order valence-electron chi connectivity index (χ3n) is 2.06. The lowest BCUT2D eigenvalue weighted by atomic mass is 10.1. The summed E-state index contributed by atoms with van der Waals surface area (Å²) in [6.45, 7) is 0.695. The predicted molar refractivity (Wildman–Crippen MR) is 48.8 cm³/mol. The summed E-state index contributed by atoms with van der Waals surface area (Å²) < 4.78 is 55.1. The maximum absolute atomic E-state index is 13.0. The van der Waals surface area contributed by atoms with Crippen molar-refractivity contribution in [2.45, 2.75) is 6.18 Å². The number of hydrogen-bond donors (Lipinski definition) is 0. The molecule has 0 atom stereocenters. The Kier molecular flexibility index (Phi) is 2.57. The molecule has 16 heavy (non-hydrogen) atoms. The summed E-state index contributed by atoms with van der Waals surface area (Å²) in [5.41, 5.74) is -1.02.